The van der Waals surface area contributed by atoms with Crippen molar-refractivity contribution in [3.05, 3.63) is 23.2 Å². The lowest BCUT2D eigenvalue weighted by Gasteiger charge is -2.28. The van der Waals surface area contributed by atoms with Gasteiger partial charge in [0.25, 0.3) is 0 Å². The summed E-state index contributed by atoms with van der Waals surface area (Å²) in [5.74, 6) is 2.30. The molecule has 4 nitrogen and oxygen atoms in total. The maximum Gasteiger partial charge on any atom is 0.152 e. The summed E-state index contributed by atoms with van der Waals surface area (Å²) in [7, 11) is -2.87. The summed E-state index contributed by atoms with van der Waals surface area (Å²) in [6.45, 7) is 7.89. The standard InChI is InChI=1S/C13H21NO3S/c1-9-7-12(11(3)17-9)10(2)14-13(4)5-6-18(15,16)8-13/h7,10,14H,5-6,8H2,1-4H3. The molecule has 2 rings (SSSR count). The van der Waals surface area contributed by atoms with Crippen molar-refractivity contribution in [3.63, 3.8) is 0 Å². The summed E-state index contributed by atoms with van der Waals surface area (Å²) in [6, 6.07) is 2.11. The molecular formula is C13H21NO3S. The molecule has 1 aliphatic heterocycles. The first-order chi connectivity index (χ1) is 8.21. The third-order valence-electron chi connectivity index (χ3n) is 3.61. The molecule has 2 unspecified atom stereocenters. The molecule has 0 amide bonds. The topological polar surface area (TPSA) is 59.3 Å². The van der Waals surface area contributed by atoms with Crippen LogP contribution >= 0.6 is 0 Å². The molecule has 0 aromatic carbocycles. The summed E-state index contributed by atoms with van der Waals surface area (Å²) < 4.78 is 28.7. The largest absolute Gasteiger partial charge is 0.466 e. The van der Waals surface area contributed by atoms with Crippen LogP contribution in [0.1, 0.15) is 43.4 Å². The lowest BCUT2D eigenvalue weighted by atomic mass is 9.98. The Morgan fingerprint density at radius 3 is 2.56 bits per heavy atom. The van der Waals surface area contributed by atoms with Crippen LogP contribution in [0.5, 0.6) is 0 Å². The van der Waals surface area contributed by atoms with E-state index >= 15 is 0 Å². The summed E-state index contributed by atoms with van der Waals surface area (Å²) in [6.07, 6.45) is 0.676. The maximum absolute atomic E-state index is 11.6. The van der Waals surface area contributed by atoms with Gasteiger partial charge in [-0.15, -0.1) is 0 Å². The SMILES string of the molecule is Cc1cc(C(C)NC2(C)CCS(=O)(=O)C2)c(C)o1. The van der Waals surface area contributed by atoms with Crippen LogP contribution in [0.15, 0.2) is 10.5 Å². The second kappa shape index (κ2) is 4.38. The van der Waals surface area contributed by atoms with Gasteiger partial charge in [-0.3, -0.25) is 0 Å². The number of sulfone groups is 1. The minimum atomic E-state index is -2.87. The molecule has 0 spiro atoms. The second-order valence-electron chi connectivity index (χ2n) is 5.64. The van der Waals surface area contributed by atoms with E-state index in [1.807, 2.05) is 33.8 Å². The Bertz CT molecular complexity index is 547. The Morgan fingerprint density at radius 1 is 1.44 bits per heavy atom. The van der Waals surface area contributed by atoms with E-state index in [4.69, 9.17) is 4.42 Å². The van der Waals surface area contributed by atoms with Crippen molar-refractivity contribution in [3.8, 4) is 0 Å². The maximum atomic E-state index is 11.6. The highest BCUT2D eigenvalue weighted by molar-refractivity contribution is 7.91. The number of aryl methyl sites for hydroxylation is 2. The van der Waals surface area contributed by atoms with Gasteiger partial charge in [0.1, 0.15) is 11.5 Å². The molecule has 2 atom stereocenters. The number of rotatable bonds is 3. The first-order valence-corrected chi connectivity index (χ1v) is 8.08. The molecule has 1 fully saturated rings. The molecule has 18 heavy (non-hydrogen) atoms. The van der Waals surface area contributed by atoms with Gasteiger partial charge in [0, 0.05) is 17.1 Å². The average molecular weight is 271 g/mol. The van der Waals surface area contributed by atoms with E-state index in [1.165, 1.54) is 0 Å². The van der Waals surface area contributed by atoms with Gasteiger partial charge >= 0.3 is 0 Å². The predicted molar refractivity (Wildman–Crippen MR) is 71.4 cm³/mol. The molecule has 1 aromatic heterocycles. The van der Waals surface area contributed by atoms with Gasteiger partial charge in [-0.1, -0.05) is 0 Å². The fourth-order valence-electron chi connectivity index (χ4n) is 2.81. The molecule has 2 heterocycles. The first kappa shape index (κ1) is 13.6. The summed E-state index contributed by atoms with van der Waals surface area (Å²) in [4.78, 5) is 0. The predicted octanol–water partition coefficient (Wildman–Crippen LogP) is 2.12. The molecule has 0 radical (unpaired) electrons. The van der Waals surface area contributed by atoms with Gasteiger partial charge in [-0.05, 0) is 40.2 Å². The van der Waals surface area contributed by atoms with Crippen molar-refractivity contribution >= 4 is 9.84 Å². The van der Waals surface area contributed by atoms with Crippen LogP contribution in [-0.2, 0) is 9.84 Å². The third-order valence-corrected chi connectivity index (χ3v) is 5.52. The molecular weight excluding hydrogens is 250 g/mol. The number of hydrogen-bond acceptors (Lipinski definition) is 4. The highest BCUT2D eigenvalue weighted by atomic mass is 32.2. The van der Waals surface area contributed by atoms with E-state index in [0.717, 1.165) is 17.1 Å². The van der Waals surface area contributed by atoms with E-state index in [1.54, 1.807) is 0 Å². The van der Waals surface area contributed by atoms with Crippen LogP contribution in [0.3, 0.4) is 0 Å². The summed E-state index contributed by atoms with van der Waals surface area (Å²) in [5.41, 5.74) is 0.786. The minimum Gasteiger partial charge on any atom is -0.466 e. The van der Waals surface area contributed by atoms with Gasteiger partial charge in [-0.2, -0.15) is 0 Å². The van der Waals surface area contributed by atoms with Gasteiger partial charge in [0.15, 0.2) is 9.84 Å². The Morgan fingerprint density at radius 2 is 2.11 bits per heavy atom. The molecule has 1 aromatic rings. The Labute approximate surface area is 109 Å². The molecule has 0 bridgehead atoms. The molecule has 1 aliphatic rings. The first-order valence-electron chi connectivity index (χ1n) is 6.26. The van der Waals surface area contributed by atoms with E-state index in [2.05, 4.69) is 5.32 Å². The number of hydrogen-bond donors (Lipinski definition) is 1. The zero-order valence-corrected chi connectivity index (χ0v) is 12.2. The van der Waals surface area contributed by atoms with E-state index in [-0.39, 0.29) is 23.1 Å². The monoisotopic (exact) mass is 271 g/mol. The highest BCUT2D eigenvalue weighted by Crippen LogP contribution is 2.28. The lowest BCUT2D eigenvalue weighted by molar-refractivity contribution is 0.352. The Kier molecular flexibility index (Phi) is 3.32. The zero-order chi connectivity index (χ0) is 13.6. The highest BCUT2D eigenvalue weighted by Gasteiger charge is 2.39. The van der Waals surface area contributed by atoms with Crippen molar-refractivity contribution in [1.82, 2.24) is 5.32 Å². The normalized spacial score (nSPS) is 28.4. The van der Waals surface area contributed by atoms with Gasteiger partial charge in [0.2, 0.25) is 0 Å². The van der Waals surface area contributed by atoms with Crippen LogP contribution < -0.4 is 5.32 Å². The van der Waals surface area contributed by atoms with E-state index in [0.29, 0.717) is 6.42 Å². The number of nitrogens with one attached hydrogen (secondary N) is 1. The lowest BCUT2D eigenvalue weighted by Crippen LogP contribution is -2.44. The smallest absolute Gasteiger partial charge is 0.152 e. The second-order valence-corrected chi connectivity index (χ2v) is 7.82. The van der Waals surface area contributed by atoms with Crippen molar-refractivity contribution in [2.75, 3.05) is 11.5 Å². The fourth-order valence-corrected chi connectivity index (χ4v) is 4.91. The molecule has 5 heteroatoms. The van der Waals surface area contributed by atoms with Crippen molar-refractivity contribution in [1.29, 1.82) is 0 Å². The fraction of sp³-hybridized carbons (Fsp3) is 0.692. The Balaban J connectivity index is 2.13. The van der Waals surface area contributed by atoms with Crippen LogP contribution in [0.4, 0.5) is 0 Å². The third kappa shape index (κ3) is 2.78. The Hall–Kier alpha value is -0.810. The van der Waals surface area contributed by atoms with Crippen molar-refractivity contribution in [2.24, 2.45) is 0 Å². The van der Waals surface area contributed by atoms with Crippen LogP contribution in [0.25, 0.3) is 0 Å². The van der Waals surface area contributed by atoms with Crippen LogP contribution in [-0.4, -0.2) is 25.5 Å². The molecule has 0 aliphatic carbocycles. The van der Waals surface area contributed by atoms with E-state index < -0.39 is 9.84 Å². The summed E-state index contributed by atoms with van der Waals surface area (Å²) in [5, 5.41) is 3.44. The molecule has 0 saturated carbocycles. The van der Waals surface area contributed by atoms with Crippen molar-refractivity contribution in [2.45, 2.75) is 45.7 Å². The zero-order valence-electron chi connectivity index (χ0n) is 11.4. The molecule has 102 valence electrons. The van der Waals surface area contributed by atoms with Gasteiger partial charge in [0.05, 0.1) is 11.5 Å². The molecule has 1 saturated heterocycles. The minimum absolute atomic E-state index is 0.0979. The van der Waals surface area contributed by atoms with E-state index in [9.17, 15) is 8.42 Å². The number of furan rings is 1. The van der Waals surface area contributed by atoms with Gasteiger partial charge in [-0.25, -0.2) is 8.42 Å². The summed E-state index contributed by atoms with van der Waals surface area (Å²) >= 11 is 0. The molecule has 1 N–H and O–H groups in total. The van der Waals surface area contributed by atoms with Gasteiger partial charge < -0.3 is 9.73 Å². The van der Waals surface area contributed by atoms with Crippen LogP contribution in [0, 0.1) is 13.8 Å². The van der Waals surface area contributed by atoms with Crippen LogP contribution in [0.2, 0.25) is 0 Å². The quantitative estimate of drug-likeness (QED) is 0.915. The average Bonchev–Trinajstić information content (AvgIpc) is 2.67. The van der Waals surface area contributed by atoms with Crippen molar-refractivity contribution < 1.29 is 12.8 Å².